The minimum absolute atomic E-state index is 0.00936. The maximum Gasteiger partial charge on any atom is 0.133 e. The number of rotatable bonds is 10. The fraction of sp³-hybridized carbons (Fsp3) is 0.292. The van der Waals surface area contributed by atoms with Crippen molar-refractivity contribution in [3.8, 4) is 16.5 Å². The molecule has 2 aromatic carbocycles. The van der Waals surface area contributed by atoms with Crippen LogP contribution in [0, 0.1) is 0 Å². The number of hydrogen-bond donors (Lipinski definition) is 2. The van der Waals surface area contributed by atoms with Crippen LogP contribution in [-0.4, -0.2) is 39.1 Å². The summed E-state index contributed by atoms with van der Waals surface area (Å²) in [5.41, 5.74) is 2.69. The van der Waals surface area contributed by atoms with Crippen molar-refractivity contribution in [1.82, 2.24) is 9.55 Å². The third-order valence-corrected chi connectivity index (χ3v) is 6.43. The van der Waals surface area contributed by atoms with Gasteiger partial charge < -0.3 is 19.7 Å². The van der Waals surface area contributed by atoms with E-state index in [9.17, 15) is 10.2 Å². The third kappa shape index (κ3) is 5.07. The molecule has 4 aromatic rings. The van der Waals surface area contributed by atoms with Gasteiger partial charge in [0.15, 0.2) is 0 Å². The molecule has 0 radical (unpaired) electrons. The van der Waals surface area contributed by atoms with Crippen LogP contribution in [0.15, 0.2) is 60.2 Å². The number of aromatic nitrogens is 2. The largest absolute Gasteiger partial charge is 0.490 e. The summed E-state index contributed by atoms with van der Waals surface area (Å²) in [6.45, 7) is 1.99. The van der Waals surface area contributed by atoms with E-state index >= 15 is 0 Å². The first kappa shape index (κ1) is 22.6. The Morgan fingerprint density at radius 1 is 1.03 bits per heavy atom. The molecule has 0 unspecified atom stereocenters. The zero-order valence-electron chi connectivity index (χ0n) is 17.6. The van der Waals surface area contributed by atoms with Gasteiger partial charge in [-0.3, -0.25) is 4.57 Å². The summed E-state index contributed by atoms with van der Waals surface area (Å²) in [7, 11) is 0. The van der Waals surface area contributed by atoms with Crippen molar-refractivity contribution >= 4 is 34.0 Å². The van der Waals surface area contributed by atoms with E-state index in [0.29, 0.717) is 23.6 Å². The second kappa shape index (κ2) is 10.4. The summed E-state index contributed by atoms with van der Waals surface area (Å²) in [6, 6.07) is 15.3. The lowest BCUT2D eigenvalue weighted by Gasteiger charge is -2.17. The summed E-state index contributed by atoms with van der Waals surface area (Å²) in [5.74, 6) is 1.43. The number of ether oxygens (including phenoxy) is 2. The summed E-state index contributed by atoms with van der Waals surface area (Å²) in [5, 5.41) is 22.1. The minimum Gasteiger partial charge on any atom is -0.490 e. The second-order valence-electron chi connectivity index (χ2n) is 7.43. The van der Waals surface area contributed by atoms with Gasteiger partial charge in [-0.05, 0) is 25.1 Å². The highest BCUT2D eigenvalue weighted by molar-refractivity contribution is 7.12. The Bertz CT molecular complexity index is 1170. The fourth-order valence-electron chi connectivity index (χ4n) is 3.55. The number of aliphatic hydroxyl groups excluding tert-OH is 2. The highest BCUT2D eigenvalue weighted by atomic mass is 35.5. The standard InChI is InChI=1S/C24H25ClN2O4S/c1-16(20-4-2-3-5-21(20)25)30-19-13-24(32-14-19)27-15-26-22-7-6-18(12-23(22)27)31-17(8-10-28)9-11-29/h2-7,12-17,28-29H,8-11H2,1H3/t16-/m1/s1. The number of benzene rings is 2. The Morgan fingerprint density at radius 3 is 2.56 bits per heavy atom. The fourth-order valence-corrected chi connectivity index (χ4v) is 4.64. The molecule has 0 spiro atoms. The monoisotopic (exact) mass is 472 g/mol. The van der Waals surface area contributed by atoms with E-state index < -0.39 is 0 Å². The molecular formula is C24H25ClN2O4S. The van der Waals surface area contributed by atoms with Crippen LogP contribution in [0.2, 0.25) is 5.02 Å². The van der Waals surface area contributed by atoms with E-state index in [1.54, 1.807) is 17.7 Å². The van der Waals surface area contributed by atoms with Crippen molar-refractivity contribution in [2.45, 2.75) is 32.0 Å². The molecule has 32 heavy (non-hydrogen) atoms. The molecule has 1 atom stereocenters. The van der Waals surface area contributed by atoms with E-state index in [1.165, 1.54) is 0 Å². The summed E-state index contributed by atoms with van der Waals surface area (Å²) in [4.78, 5) is 4.49. The molecule has 2 heterocycles. The number of hydrogen-bond acceptors (Lipinski definition) is 6. The highest BCUT2D eigenvalue weighted by Crippen LogP contribution is 2.33. The van der Waals surface area contributed by atoms with Gasteiger partial charge in [0.05, 0.1) is 11.0 Å². The van der Waals surface area contributed by atoms with E-state index in [4.69, 9.17) is 21.1 Å². The van der Waals surface area contributed by atoms with Gasteiger partial charge in [-0.25, -0.2) is 4.98 Å². The number of imidazole rings is 1. The van der Waals surface area contributed by atoms with Gasteiger partial charge in [-0.15, -0.1) is 11.3 Å². The Labute approximate surface area is 195 Å². The lowest BCUT2D eigenvalue weighted by Crippen LogP contribution is -2.19. The third-order valence-electron chi connectivity index (χ3n) is 5.18. The quantitative estimate of drug-likeness (QED) is 0.323. The molecule has 2 aromatic heterocycles. The normalized spacial score (nSPS) is 12.4. The summed E-state index contributed by atoms with van der Waals surface area (Å²) < 4.78 is 14.1. The van der Waals surface area contributed by atoms with Crippen LogP contribution < -0.4 is 9.47 Å². The van der Waals surface area contributed by atoms with Crippen molar-refractivity contribution in [3.63, 3.8) is 0 Å². The van der Waals surface area contributed by atoms with Crippen LogP contribution in [0.4, 0.5) is 0 Å². The van der Waals surface area contributed by atoms with Crippen LogP contribution in [-0.2, 0) is 0 Å². The highest BCUT2D eigenvalue weighted by Gasteiger charge is 2.15. The number of nitrogens with zero attached hydrogens (tertiary/aromatic N) is 2. The summed E-state index contributed by atoms with van der Waals surface area (Å²) in [6.07, 6.45) is 2.29. The van der Waals surface area contributed by atoms with Crippen LogP contribution in [0.25, 0.3) is 16.0 Å². The van der Waals surface area contributed by atoms with Gasteiger partial charge in [0.25, 0.3) is 0 Å². The van der Waals surface area contributed by atoms with E-state index in [2.05, 4.69) is 4.98 Å². The van der Waals surface area contributed by atoms with Crippen LogP contribution in [0.3, 0.4) is 0 Å². The Kier molecular flexibility index (Phi) is 7.32. The smallest absolute Gasteiger partial charge is 0.133 e. The first-order valence-electron chi connectivity index (χ1n) is 10.4. The average Bonchev–Trinajstić information content (AvgIpc) is 3.41. The predicted molar refractivity (Wildman–Crippen MR) is 127 cm³/mol. The minimum atomic E-state index is -0.244. The molecule has 0 fully saturated rings. The number of fused-ring (bicyclic) bond motifs is 1. The first-order chi connectivity index (χ1) is 15.6. The van der Waals surface area contributed by atoms with Gasteiger partial charge >= 0.3 is 0 Å². The lowest BCUT2D eigenvalue weighted by molar-refractivity contribution is 0.123. The molecule has 0 aliphatic rings. The van der Waals surface area contributed by atoms with Crippen molar-refractivity contribution in [2.75, 3.05) is 13.2 Å². The average molecular weight is 473 g/mol. The Hall–Kier alpha value is -2.58. The molecule has 2 N–H and O–H groups in total. The lowest BCUT2D eigenvalue weighted by atomic mass is 10.1. The van der Waals surface area contributed by atoms with Gasteiger partial charge in [0, 0.05) is 54.2 Å². The number of halogens is 1. The molecule has 6 nitrogen and oxygen atoms in total. The molecule has 0 aliphatic heterocycles. The van der Waals surface area contributed by atoms with Crippen molar-refractivity contribution in [3.05, 3.63) is 70.8 Å². The molecule has 0 amide bonds. The molecule has 0 aliphatic carbocycles. The topological polar surface area (TPSA) is 76.7 Å². The van der Waals surface area contributed by atoms with Gasteiger partial charge in [0.2, 0.25) is 0 Å². The van der Waals surface area contributed by atoms with Crippen molar-refractivity contribution < 1.29 is 19.7 Å². The van der Waals surface area contributed by atoms with Crippen molar-refractivity contribution in [2.24, 2.45) is 0 Å². The molecule has 0 bridgehead atoms. The van der Waals surface area contributed by atoms with Crippen LogP contribution in [0.5, 0.6) is 11.5 Å². The summed E-state index contributed by atoms with van der Waals surface area (Å²) >= 11 is 7.86. The molecule has 168 valence electrons. The SMILES string of the molecule is C[C@@H](Oc1csc(-n2cnc3ccc(OC(CCO)CCO)cc32)c1)c1ccccc1Cl. The van der Waals surface area contributed by atoms with Crippen molar-refractivity contribution in [1.29, 1.82) is 0 Å². The molecule has 0 saturated carbocycles. The van der Waals surface area contributed by atoms with Gasteiger partial charge in [0.1, 0.15) is 35.0 Å². The van der Waals surface area contributed by atoms with E-state index in [1.807, 2.05) is 65.4 Å². The van der Waals surface area contributed by atoms with Gasteiger partial charge in [-0.1, -0.05) is 29.8 Å². The maximum atomic E-state index is 9.23. The number of aliphatic hydroxyl groups is 2. The maximum absolute atomic E-state index is 9.23. The molecule has 0 saturated heterocycles. The van der Waals surface area contributed by atoms with E-state index in [-0.39, 0.29) is 25.4 Å². The molecule has 8 heteroatoms. The van der Waals surface area contributed by atoms with Gasteiger partial charge in [-0.2, -0.15) is 0 Å². The second-order valence-corrected chi connectivity index (χ2v) is 8.73. The number of thiophene rings is 1. The van der Waals surface area contributed by atoms with Crippen LogP contribution >= 0.6 is 22.9 Å². The predicted octanol–water partition coefficient (Wildman–Crippen LogP) is 5.39. The Balaban J connectivity index is 1.55. The zero-order valence-corrected chi connectivity index (χ0v) is 19.2. The zero-order chi connectivity index (χ0) is 22.5. The molecular weight excluding hydrogens is 448 g/mol. The van der Waals surface area contributed by atoms with Crippen LogP contribution in [0.1, 0.15) is 31.4 Å². The van der Waals surface area contributed by atoms with E-state index in [0.717, 1.165) is 27.3 Å². The molecule has 4 rings (SSSR count). The Morgan fingerprint density at radius 2 is 1.81 bits per heavy atom. The first-order valence-corrected chi connectivity index (χ1v) is 11.7.